The molecule has 0 aliphatic rings. The first-order chi connectivity index (χ1) is 8.87. The summed E-state index contributed by atoms with van der Waals surface area (Å²) in [5.74, 6) is 0. The lowest BCUT2D eigenvalue weighted by Gasteiger charge is -2.25. The van der Waals surface area contributed by atoms with Crippen molar-refractivity contribution in [3.8, 4) is 0 Å². The molecule has 0 aliphatic heterocycles. The summed E-state index contributed by atoms with van der Waals surface area (Å²) in [5.41, 5.74) is 2.01. The van der Waals surface area contributed by atoms with Crippen molar-refractivity contribution in [3.63, 3.8) is 0 Å². The van der Waals surface area contributed by atoms with Gasteiger partial charge >= 0.3 is 6.03 Å². The monoisotopic (exact) mass is 259 g/mol. The maximum absolute atomic E-state index is 12.0. The summed E-state index contributed by atoms with van der Waals surface area (Å²) >= 11 is 0. The molecule has 4 heteroatoms. The van der Waals surface area contributed by atoms with Gasteiger partial charge in [0.15, 0.2) is 0 Å². The Morgan fingerprint density at radius 3 is 2.68 bits per heavy atom. The summed E-state index contributed by atoms with van der Waals surface area (Å²) < 4.78 is 0. The molecule has 0 atom stereocenters. The minimum atomic E-state index is -0.217. The second-order valence-electron chi connectivity index (χ2n) is 5.90. The van der Waals surface area contributed by atoms with E-state index in [9.17, 15) is 4.79 Å². The van der Waals surface area contributed by atoms with Crippen LogP contribution in [0.2, 0.25) is 0 Å². The smallest absolute Gasteiger partial charge is 0.317 e. The predicted molar refractivity (Wildman–Crippen MR) is 78.1 cm³/mol. The molecule has 0 fully saturated rings. The van der Waals surface area contributed by atoms with Gasteiger partial charge in [0.05, 0.1) is 0 Å². The first kappa shape index (κ1) is 13.5. The van der Waals surface area contributed by atoms with E-state index in [0.29, 0.717) is 6.54 Å². The highest BCUT2D eigenvalue weighted by atomic mass is 16.2. The Bertz CT molecular complexity index is 580. The van der Waals surface area contributed by atoms with E-state index in [0.717, 1.165) is 16.5 Å². The molecule has 0 radical (unpaired) electrons. The molecule has 0 bridgehead atoms. The second-order valence-corrected chi connectivity index (χ2v) is 5.90. The van der Waals surface area contributed by atoms with E-state index in [4.69, 9.17) is 0 Å². The minimum Gasteiger partial charge on any atom is -0.361 e. The van der Waals surface area contributed by atoms with Crippen molar-refractivity contribution in [3.05, 3.63) is 36.0 Å². The molecule has 1 heterocycles. The number of amides is 2. The fourth-order valence-electron chi connectivity index (χ4n) is 2.01. The van der Waals surface area contributed by atoms with Crippen molar-refractivity contribution in [1.82, 2.24) is 15.2 Å². The van der Waals surface area contributed by atoms with Crippen molar-refractivity contribution >= 4 is 16.9 Å². The number of hydrogen-bond donors (Lipinski definition) is 2. The maximum atomic E-state index is 12.0. The topological polar surface area (TPSA) is 48.1 Å². The normalized spacial score (nSPS) is 11.6. The van der Waals surface area contributed by atoms with Crippen LogP contribution in [0.3, 0.4) is 0 Å². The number of benzene rings is 1. The van der Waals surface area contributed by atoms with Crippen molar-refractivity contribution < 1.29 is 4.79 Å². The molecule has 4 nitrogen and oxygen atoms in total. The van der Waals surface area contributed by atoms with Crippen LogP contribution in [-0.4, -0.2) is 28.5 Å². The first-order valence-electron chi connectivity index (χ1n) is 6.45. The molecule has 19 heavy (non-hydrogen) atoms. The zero-order valence-electron chi connectivity index (χ0n) is 11.9. The van der Waals surface area contributed by atoms with Gasteiger partial charge < -0.3 is 15.2 Å². The Morgan fingerprint density at radius 1 is 1.32 bits per heavy atom. The largest absolute Gasteiger partial charge is 0.361 e. The number of para-hydroxylation sites is 1. The molecule has 0 spiro atoms. The number of aromatic amines is 1. The predicted octanol–water partition coefficient (Wildman–Crippen LogP) is 3.11. The highest BCUT2D eigenvalue weighted by Crippen LogP contribution is 2.19. The molecule has 102 valence electrons. The highest BCUT2D eigenvalue weighted by Gasteiger charge is 2.17. The molecule has 2 aromatic rings. The van der Waals surface area contributed by atoms with Crippen LogP contribution < -0.4 is 5.32 Å². The lowest BCUT2D eigenvalue weighted by molar-refractivity contribution is 0.197. The van der Waals surface area contributed by atoms with Gasteiger partial charge in [-0.3, -0.25) is 0 Å². The van der Waals surface area contributed by atoms with Gasteiger partial charge in [-0.15, -0.1) is 0 Å². The summed E-state index contributed by atoms with van der Waals surface area (Å²) in [4.78, 5) is 16.9. The van der Waals surface area contributed by atoms with Gasteiger partial charge in [-0.2, -0.15) is 0 Å². The van der Waals surface area contributed by atoms with Crippen LogP contribution in [0.1, 0.15) is 26.3 Å². The average molecular weight is 259 g/mol. The van der Waals surface area contributed by atoms with Crippen LogP contribution in [0, 0.1) is 0 Å². The van der Waals surface area contributed by atoms with Crippen LogP contribution >= 0.6 is 0 Å². The Morgan fingerprint density at radius 2 is 2.00 bits per heavy atom. The van der Waals surface area contributed by atoms with E-state index >= 15 is 0 Å². The van der Waals surface area contributed by atoms with Crippen molar-refractivity contribution in [2.45, 2.75) is 32.9 Å². The summed E-state index contributed by atoms with van der Waals surface area (Å²) in [6.45, 7) is 6.52. The van der Waals surface area contributed by atoms with Gasteiger partial charge in [0.2, 0.25) is 0 Å². The summed E-state index contributed by atoms with van der Waals surface area (Å²) in [7, 11) is 1.81. The van der Waals surface area contributed by atoms with Crippen molar-refractivity contribution in [1.29, 1.82) is 0 Å². The molecule has 1 aromatic carbocycles. The standard InChI is InChI=1S/C15H21N3O/c1-15(2,3)17-14(19)18(4)10-11-9-16-13-8-6-5-7-12(11)13/h5-9,16H,10H2,1-4H3,(H,17,19). The van der Waals surface area contributed by atoms with Crippen LogP contribution in [0.25, 0.3) is 10.9 Å². The number of rotatable bonds is 2. The molecule has 2 amide bonds. The molecule has 0 aliphatic carbocycles. The van der Waals surface area contributed by atoms with E-state index in [1.807, 2.05) is 52.2 Å². The highest BCUT2D eigenvalue weighted by molar-refractivity contribution is 5.83. The van der Waals surface area contributed by atoms with Crippen LogP contribution in [-0.2, 0) is 6.54 Å². The summed E-state index contributed by atoms with van der Waals surface area (Å²) in [6, 6.07) is 8.05. The van der Waals surface area contributed by atoms with Gasteiger partial charge in [0.1, 0.15) is 0 Å². The van der Waals surface area contributed by atoms with Gasteiger partial charge in [-0.1, -0.05) is 18.2 Å². The van der Waals surface area contributed by atoms with Gasteiger partial charge in [-0.25, -0.2) is 4.79 Å². The number of fused-ring (bicyclic) bond motifs is 1. The number of nitrogens with zero attached hydrogens (tertiary/aromatic N) is 1. The molecule has 0 saturated heterocycles. The molecule has 2 rings (SSSR count). The molecule has 2 N–H and O–H groups in total. The number of H-pyrrole nitrogens is 1. The number of hydrogen-bond acceptors (Lipinski definition) is 1. The van der Waals surface area contributed by atoms with Gasteiger partial charge in [-0.05, 0) is 32.4 Å². The Balaban J connectivity index is 2.10. The lowest BCUT2D eigenvalue weighted by atomic mass is 10.1. The van der Waals surface area contributed by atoms with E-state index in [1.165, 1.54) is 0 Å². The third-order valence-corrected chi connectivity index (χ3v) is 2.91. The van der Waals surface area contributed by atoms with Gasteiger partial charge in [0, 0.05) is 36.2 Å². The van der Waals surface area contributed by atoms with E-state index in [1.54, 1.807) is 4.90 Å². The summed E-state index contributed by atoms with van der Waals surface area (Å²) in [6.07, 6.45) is 1.96. The van der Waals surface area contributed by atoms with E-state index in [-0.39, 0.29) is 11.6 Å². The molecular formula is C15H21N3O. The number of carbonyl (C=O) groups excluding carboxylic acids is 1. The Labute approximate surface area is 113 Å². The first-order valence-corrected chi connectivity index (χ1v) is 6.45. The molecule has 1 aromatic heterocycles. The van der Waals surface area contributed by atoms with Crippen molar-refractivity contribution in [2.24, 2.45) is 0 Å². The third-order valence-electron chi connectivity index (χ3n) is 2.91. The summed E-state index contributed by atoms with van der Waals surface area (Å²) in [5, 5.41) is 4.12. The van der Waals surface area contributed by atoms with Crippen LogP contribution in [0.5, 0.6) is 0 Å². The number of aromatic nitrogens is 1. The second kappa shape index (κ2) is 4.96. The fraction of sp³-hybridized carbons (Fsp3) is 0.400. The molecule has 0 saturated carbocycles. The van der Waals surface area contributed by atoms with E-state index < -0.39 is 0 Å². The minimum absolute atomic E-state index is 0.0576. The average Bonchev–Trinajstić information content (AvgIpc) is 2.70. The molecule has 0 unspecified atom stereocenters. The lowest BCUT2D eigenvalue weighted by Crippen LogP contribution is -2.46. The van der Waals surface area contributed by atoms with Crippen LogP contribution in [0.15, 0.2) is 30.5 Å². The zero-order chi connectivity index (χ0) is 14.0. The fourth-order valence-corrected chi connectivity index (χ4v) is 2.01. The van der Waals surface area contributed by atoms with E-state index in [2.05, 4.69) is 16.4 Å². The maximum Gasteiger partial charge on any atom is 0.317 e. The zero-order valence-corrected chi connectivity index (χ0v) is 11.9. The third kappa shape index (κ3) is 3.28. The number of urea groups is 1. The quantitative estimate of drug-likeness (QED) is 0.855. The molecular weight excluding hydrogens is 238 g/mol. The number of carbonyl (C=O) groups is 1. The van der Waals surface area contributed by atoms with Crippen LogP contribution in [0.4, 0.5) is 4.79 Å². The van der Waals surface area contributed by atoms with Gasteiger partial charge in [0.25, 0.3) is 0 Å². The van der Waals surface area contributed by atoms with Crippen molar-refractivity contribution in [2.75, 3.05) is 7.05 Å². The SMILES string of the molecule is CN(Cc1c[nH]c2ccccc12)C(=O)NC(C)(C)C. The number of nitrogens with one attached hydrogen (secondary N) is 2. The Kier molecular flexibility index (Phi) is 3.51. The Hall–Kier alpha value is -1.97.